The summed E-state index contributed by atoms with van der Waals surface area (Å²) in [5.74, 6) is 0. The molecule has 0 nitrogen and oxygen atoms in total. The fourth-order valence-corrected chi connectivity index (χ4v) is 0.232. The van der Waals surface area contributed by atoms with Crippen molar-refractivity contribution in [3.8, 4) is 0 Å². The Kier molecular flexibility index (Phi) is 11.2. The Hall–Kier alpha value is -1.04. The molecule has 0 aliphatic rings. The van der Waals surface area contributed by atoms with E-state index < -0.39 is 0 Å². The lowest BCUT2D eigenvalue weighted by Gasteiger charge is -1.79. The second kappa shape index (κ2) is 9.96. The Morgan fingerprint density at radius 2 is 1.67 bits per heavy atom. The number of hydrogen-bond donors (Lipinski definition) is 0. The molecule has 0 heterocycles. The fourth-order valence-electron chi connectivity index (χ4n) is 0.232. The van der Waals surface area contributed by atoms with Crippen molar-refractivity contribution in [1.82, 2.24) is 0 Å². The molecule has 0 amide bonds. The molecule has 0 radical (unpaired) electrons. The highest BCUT2D eigenvalue weighted by Gasteiger charge is 1.67. The molecule has 0 bridgehead atoms. The summed E-state index contributed by atoms with van der Waals surface area (Å²) in [6.07, 6.45) is 6.62. The van der Waals surface area contributed by atoms with Gasteiger partial charge in [-0.1, -0.05) is 49.5 Å². The van der Waals surface area contributed by atoms with Crippen molar-refractivity contribution >= 4 is 0 Å². The minimum absolute atomic E-state index is 1.06. The van der Waals surface area contributed by atoms with Gasteiger partial charge in [0.15, 0.2) is 0 Å². The highest BCUT2D eigenvalue weighted by atomic mass is 13.7. The van der Waals surface area contributed by atoms with Crippen LogP contribution < -0.4 is 0 Å². The van der Waals surface area contributed by atoms with Crippen LogP contribution in [0.4, 0.5) is 0 Å². The van der Waals surface area contributed by atoms with Crippen LogP contribution in [0, 0.1) is 0 Å². The molecule has 0 saturated heterocycles. The van der Waals surface area contributed by atoms with Crippen LogP contribution in [0.3, 0.4) is 0 Å². The predicted molar refractivity (Wildman–Crippen MR) is 59.3 cm³/mol. The van der Waals surface area contributed by atoms with Crippen molar-refractivity contribution in [2.45, 2.75) is 27.2 Å². The van der Waals surface area contributed by atoms with E-state index in [9.17, 15) is 0 Å². The van der Waals surface area contributed by atoms with E-state index in [1.807, 2.05) is 26.0 Å². The van der Waals surface area contributed by atoms with E-state index in [1.54, 1.807) is 6.08 Å². The highest BCUT2D eigenvalue weighted by Crippen LogP contribution is 1.88. The number of hydrogen-bond acceptors (Lipinski definition) is 0. The smallest absolute Gasteiger partial charge is 0.0354 e. The minimum atomic E-state index is 1.06. The van der Waals surface area contributed by atoms with Crippen LogP contribution in [0.2, 0.25) is 0 Å². The molecular weight excluding hydrogens is 144 g/mol. The molecule has 0 N–H and O–H groups in total. The SMILES string of the molecule is C=C(C)CC.C=C/C=C\C(=C)C. The molecule has 0 aliphatic carbocycles. The quantitative estimate of drug-likeness (QED) is 0.431. The summed E-state index contributed by atoms with van der Waals surface area (Å²) in [7, 11) is 0. The van der Waals surface area contributed by atoms with E-state index in [-0.39, 0.29) is 0 Å². The zero-order valence-electron chi connectivity index (χ0n) is 8.56. The molecule has 12 heavy (non-hydrogen) atoms. The third-order valence-electron chi connectivity index (χ3n) is 1.12. The van der Waals surface area contributed by atoms with E-state index in [0.29, 0.717) is 0 Å². The lowest BCUT2D eigenvalue weighted by molar-refractivity contribution is 1.11. The van der Waals surface area contributed by atoms with Gasteiger partial charge in [0.25, 0.3) is 0 Å². The summed E-state index contributed by atoms with van der Waals surface area (Å²) in [6.45, 7) is 16.9. The minimum Gasteiger partial charge on any atom is -0.100 e. The van der Waals surface area contributed by atoms with Gasteiger partial charge in [0, 0.05) is 0 Å². The second-order valence-corrected chi connectivity index (χ2v) is 2.75. The molecular formula is C12H20. The Labute approximate surface area is 77.0 Å². The van der Waals surface area contributed by atoms with E-state index in [2.05, 4.69) is 26.7 Å². The molecule has 0 saturated carbocycles. The summed E-state index contributed by atoms with van der Waals surface area (Å²) in [6, 6.07) is 0. The van der Waals surface area contributed by atoms with Crippen LogP contribution in [-0.4, -0.2) is 0 Å². The largest absolute Gasteiger partial charge is 0.100 e. The van der Waals surface area contributed by atoms with Crippen molar-refractivity contribution in [3.05, 3.63) is 49.1 Å². The van der Waals surface area contributed by atoms with E-state index in [4.69, 9.17) is 0 Å². The van der Waals surface area contributed by atoms with Crippen LogP contribution in [0.15, 0.2) is 49.1 Å². The van der Waals surface area contributed by atoms with Crippen LogP contribution in [0.25, 0.3) is 0 Å². The van der Waals surface area contributed by atoms with Gasteiger partial charge in [0.2, 0.25) is 0 Å². The maximum atomic E-state index is 3.67. The summed E-state index contributed by atoms with van der Waals surface area (Å²) in [5.41, 5.74) is 2.31. The summed E-state index contributed by atoms with van der Waals surface area (Å²) in [5, 5.41) is 0. The molecule has 0 spiro atoms. The second-order valence-electron chi connectivity index (χ2n) is 2.75. The van der Waals surface area contributed by atoms with Crippen molar-refractivity contribution in [2.24, 2.45) is 0 Å². The molecule has 0 aromatic heterocycles. The van der Waals surface area contributed by atoms with Crippen molar-refractivity contribution in [2.75, 3.05) is 0 Å². The van der Waals surface area contributed by atoms with Crippen LogP contribution >= 0.6 is 0 Å². The lowest BCUT2D eigenvalue weighted by atomic mass is 10.3. The Morgan fingerprint density at radius 1 is 1.25 bits per heavy atom. The summed E-state index contributed by atoms with van der Waals surface area (Å²) in [4.78, 5) is 0. The van der Waals surface area contributed by atoms with Gasteiger partial charge in [-0.2, -0.15) is 0 Å². The average Bonchev–Trinajstić information content (AvgIpc) is 2.02. The molecule has 0 aromatic carbocycles. The third-order valence-corrected chi connectivity index (χ3v) is 1.12. The Balaban J connectivity index is 0. The van der Waals surface area contributed by atoms with Crippen molar-refractivity contribution < 1.29 is 0 Å². The van der Waals surface area contributed by atoms with Crippen LogP contribution in [0.1, 0.15) is 27.2 Å². The molecule has 0 aliphatic heterocycles. The van der Waals surface area contributed by atoms with Crippen molar-refractivity contribution in [1.29, 1.82) is 0 Å². The zero-order valence-corrected chi connectivity index (χ0v) is 8.56. The molecule has 0 aromatic rings. The lowest BCUT2D eigenvalue weighted by Crippen LogP contribution is -1.58. The van der Waals surface area contributed by atoms with Gasteiger partial charge in [-0.05, 0) is 20.3 Å². The predicted octanol–water partition coefficient (Wildman–Crippen LogP) is 4.28. The van der Waals surface area contributed by atoms with Gasteiger partial charge in [0.1, 0.15) is 0 Å². The van der Waals surface area contributed by atoms with Gasteiger partial charge >= 0.3 is 0 Å². The van der Waals surface area contributed by atoms with Gasteiger partial charge < -0.3 is 0 Å². The maximum absolute atomic E-state index is 3.67. The summed E-state index contributed by atoms with van der Waals surface area (Å²) < 4.78 is 0. The normalized spacial score (nSPS) is 8.58. The maximum Gasteiger partial charge on any atom is -0.0354 e. The Morgan fingerprint density at radius 3 is 1.75 bits per heavy atom. The van der Waals surface area contributed by atoms with Crippen LogP contribution in [-0.2, 0) is 0 Å². The molecule has 0 unspecified atom stereocenters. The number of rotatable bonds is 3. The first kappa shape index (κ1) is 13.5. The summed E-state index contributed by atoms with van der Waals surface area (Å²) >= 11 is 0. The van der Waals surface area contributed by atoms with Gasteiger partial charge in [0.05, 0.1) is 0 Å². The third kappa shape index (κ3) is 23.1. The number of allylic oxidation sites excluding steroid dienone is 5. The fraction of sp³-hybridized carbons (Fsp3) is 0.333. The van der Waals surface area contributed by atoms with Crippen molar-refractivity contribution in [3.63, 3.8) is 0 Å². The molecule has 0 heteroatoms. The first-order chi connectivity index (χ1) is 5.54. The van der Waals surface area contributed by atoms with Crippen LogP contribution in [0.5, 0.6) is 0 Å². The van der Waals surface area contributed by atoms with E-state index in [1.165, 1.54) is 5.57 Å². The topological polar surface area (TPSA) is 0 Å². The standard InChI is InChI=1S/C7H10.C5H10/c1-4-5-6-7(2)3;1-4-5(2)3/h4-6H,1-2H2,3H3;2,4H2,1,3H3/b6-5-;. The van der Waals surface area contributed by atoms with Gasteiger partial charge in [-0.15, -0.1) is 6.58 Å². The Bertz CT molecular complexity index is 170. The zero-order chi connectivity index (χ0) is 9.98. The van der Waals surface area contributed by atoms with E-state index in [0.717, 1.165) is 12.0 Å². The first-order valence-corrected chi connectivity index (χ1v) is 4.13. The molecule has 68 valence electrons. The van der Waals surface area contributed by atoms with Gasteiger partial charge in [-0.3, -0.25) is 0 Å². The first-order valence-electron chi connectivity index (χ1n) is 4.13. The molecule has 0 atom stereocenters. The molecule has 0 rings (SSSR count). The van der Waals surface area contributed by atoms with Gasteiger partial charge in [-0.25, -0.2) is 0 Å². The average molecular weight is 164 g/mol. The van der Waals surface area contributed by atoms with E-state index >= 15 is 0 Å². The molecule has 0 fully saturated rings. The monoisotopic (exact) mass is 164 g/mol. The highest BCUT2D eigenvalue weighted by molar-refractivity contribution is 5.15.